The van der Waals surface area contributed by atoms with E-state index < -0.39 is 471 Å². The molecule has 0 aromatic rings. The van der Waals surface area contributed by atoms with Gasteiger partial charge in [0.25, 0.3) is 5.79 Å². The van der Waals surface area contributed by atoms with E-state index in [4.69, 9.17) is 125 Å². The first kappa shape index (κ1) is 125. The quantitative estimate of drug-likeness (QED) is 0.0199. The Kier molecular flexibility index (Phi) is 46.3. The van der Waals surface area contributed by atoms with Gasteiger partial charge >= 0.3 is 41.4 Å². The molecule has 10 aliphatic heterocycles. The number of hydrogen-bond donors (Lipinski definition) is 38. The summed E-state index contributed by atoms with van der Waals surface area (Å²) >= 11 is 0. The van der Waals surface area contributed by atoms with Gasteiger partial charge in [0, 0.05) is 33.4 Å². The Morgan fingerprint density at radius 2 is 0.714 bits per heavy atom. The Morgan fingerprint density at radius 3 is 1.21 bits per heavy atom. The monoisotopic (exact) mass is 2230 g/mol. The molecule has 10 rings (SSSR count). The number of phosphoric ester groups is 3. The Bertz CT molecular complexity index is 4200. The van der Waals surface area contributed by atoms with Crippen LogP contribution in [0.3, 0.4) is 0 Å². The van der Waals surface area contributed by atoms with Gasteiger partial charge in [-0.25, -0.2) is 18.5 Å². The van der Waals surface area contributed by atoms with Gasteiger partial charge in [0.1, 0.15) is 250 Å². The van der Waals surface area contributed by atoms with E-state index >= 15 is 0 Å². The fourth-order valence-corrected chi connectivity index (χ4v) is 20.5. The number of carbonyl (C=O) groups is 3. The fraction of sp³-hybridized carbons (Fsp3) is 0.959. The van der Waals surface area contributed by atoms with Crippen LogP contribution in [0, 0.1) is 0 Å². The van der Waals surface area contributed by atoms with Crippen LogP contribution in [0.4, 0.5) is 0 Å². The molecule has 0 radical (unpaired) electrons. The molecule has 0 bridgehead atoms. The molecule has 10 saturated heterocycles. The Hall–Kier alpha value is -3.34. The second-order valence-corrected chi connectivity index (χ2v) is 39.4. The third-order valence-electron chi connectivity index (χ3n) is 24.8. The number of phosphoric acid groups is 3. The summed E-state index contributed by atoms with van der Waals surface area (Å²) in [4.78, 5) is 72.0. The second kappa shape index (κ2) is 54.3. The third kappa shape index (κ3) is 29.4. The molecule has 0 spiro atoms. The number of aliphatic carboxylic acids is 1. The number of rotatable bonds is 48. The maximum Gasteiger partial charge on any atom is 0.481 e. The average molecular weight is 2230 g/mol. The smallest absolute Gasteiger partial charge is 0.477 e. The molecule has 0 aromatic carbocycles. The normalized spacial score (nSPS) is 45.8. The molecule has 0 aromatic heterocycles. The van der Waals surface area contributed by atoms with E-state index in [-0.39, 0.29) is 0 Å². The van der Waals surface area contributed by atoms with Gasteiger partial charge in [0.15, 0.2) is 74.9 Å². The van der Waals surface area contributed by atoms with E-state index in [1.807, 2.05) is 0 Å². The molecular formula is C74H129N2O68P3. The summed E-state index contributed by atoms with van der Waals surface area (Å²) in [6.07, 6.45) is -136. The first-order valence-electron chi connectivity index (χ1n) is 45.0. The maximum absolute atomic E-state index is 14.0. The van der Waals surface area contributed by atoms with Gasteiger partial charge in [0.2, 0.25) is 0 Å². The molecule has 10 heterocycles. The largest absolute Gasteiger partial charge is 0.481 e. The number of carboxylic acids is 1. The van der Waals surface area contributed by atoms with Gasteiger partial charge < -0.3 is 294 Å². The lowest BCUT2D eigenvalue weighted by atomic mass is 9.91. The molecule has 0 aliphatic carbocycles. The van der Waals surface area contributed by atoms with Crippen molar-refractivity contribution in [1.29, 1.82) is 0 Å². The molecule has 0 amide bonds. The molecule has 70 nitrogen and oxygen atoms in total. The number of carbonyl (C=O) groups excluding carboxylic acids is 2. The maximum atomic E-state index is 14.0. The Morgan fingerprint density at radius 1 is 0.347 bits per heavy atom. The lowest BCUT2D eigenvalue weighted by Gasteiger charge is -2.53. The topological polar surface area (TPSA) is 1120 Å². The minimum Gasteiger partial charge on any atom is -0.477 e. The van der Waals surface area contributed by atoms with Crippen LogP contribution in [0.1, 0.15) is 20.3 Å². The highest BCUT2D eigenvalue weighted by Gasteiger charge is 2.66. The van der Waals surface area contributed by atoms with Gasteiger partial charge in [0.05, 0.1) is 79.3 Å². The summed E-state index contributed by atoms with van der Waals surface area (Å²) in [6.45, 7) is -15.6. The predicted molar refractivity (Wildman–Crippen MR) is 442 cm³/mol. The number of aliphatic hydroxyl groups excluding tert-OH is 31. The van der Waals surface area contributed by atoms with E-state index in [2.05, 4.69) is 8.83 Å². The number of ether oxygens (including phenoxy) is 21. The van der Waals surface area contributed by atoms with Gasteiger partial charge in [-0.1, -0.05) is 0 Å². The summed E-state index contributed by atoms with van der Waals surface area (Å²) < 4.78 is 187. The molecule has 10 fully saturated rings. The van der Waals surface area contributed by atoms with Crippen LogP contribution in [0.5, 0.6) is 0 Å². The van der Waals surface area contributed by atoms with Crippen molar-refractivity contribution in [1.82, 2.24) is 0 Å². The van der Waals surface area contributed by atoms with Gasteiger partial charge in [-0.3, -0.25) is 27.7 Å². The first-order valence-corrected chi connectivity index (χ1v) is 49.5. The van der Waals surface area contributed by atoms with Gasteiger partial charge in [-0.15, -0.1) is 0 Å². The number of carboxylic acid groups (broad SMARTS) is 1. The molecular weight excluding hydrogens is 2100 g/mol. The fourth-order valence-electron chi connectivity index (χ4n) is 17.3. The zero-order valence-corrected chi connectivity index (χ0v) is 79.5. The van der Waals surface area contributed by atoms with E-state index in [0.29, 0.717) is 13.8 Å². The van der Waals surface area contributed by atoms with E-state index in [9.17, 15) is 211 Å². The minimum absolute atomic E-state index is 0.573. The standard InChI is InChI=1S/C74H129N2O68P3/c1-18(86)122-57-30(17-119-64-42(102)35(95)36(96)53(132-64)26(13-82)126-65-43(103)33(93)31(91)24(11-80)124-65)129-69(47(107)41(57)101)139-62-51(21(89)9-78)131-70(136-58-23(142-147(117,118)144-146(115,116)121-6-4-76)7-74(112,73(110)111)141-52(58)22(90)10-79)49(109)60(62)137-71-61(38(98)37(97)56(135-71)29(16-85)143-145(113,114)120-5-3-75)138-72-63(59(123-19(2)87)48(108)50(130-72)20(88)8-77)140-68-46(106)40(100)55(28(15-84)128-68)134-67-45(105)39(99)54(27(14-83)127-67)133-66-44(104)34(94)32(92)25(12-81)125-66/h20-72,77-85,88-109,112H,3-17,75-76H2,1-2H3,(H,110,111)(H,113,114)(H,115,116)(H,117,118)/t20-,21-,22+,23+,24+,25+,26-,27+,28+,29-,30+,31-,32-,33-,34-,35-,36-,37-,38-,39+,40+,41+,42-,43+,44+,45+,46+,47+,48+,49-,50+,51+,52+,53+,54-,55+,56+,57+,58+,59-,60+,61-,62+,63-,64-,65-,66+,67-,68-,69-,70+,71+,72+,74+/m0/s1. The molecule has 10 aliphatic rings. The molecule has 858 valence electrons. The SMILES string of the molecule is CC(=O)O[C@H]1[C@H](O)[C@@H]([C@@H](O)CO)O[C@H](O[C@@H]2[C@@H](O[C@@H]3[C@H](O)[C@@H](O[C@H]4[C@@H]([C@H](O)CO)O[C@@](O)(C(=O)O)C[C@H]4OP(=O)(O)OP(=O)(O)OCCN)O[C@H]([C@@H](O)CO)[C@H]3O[C@@H]3O[C@H](CO[C@H]4O[C@H]([C@H](CO)O[C@@H]5O[C@H](CO)[C@H](O)[C@H](O)[C@H]5O)[C@@H](O)[C@H](O)[C@@H]4O)[C@@H](OC(C)=O)[C@H](O)[C@H]3O)O[C@H]([C@H](CO)OP(=O)(O)OCCN)[C@@H](O)[C@@H]2O)[C@H]1O[C@@H]1O[C@H](CO)[C@@H](O[C@@H]2O[C@H](CO)[C@H](O[C@H]3O[C@H](CO)[C@H](O)[C@H](O)[C@H]3O)[C@H](O)[C@H]2O)[C@H](O)[C@H]1O. The van der Waals surface area contributed by atoms with E-state index in [0.717, 1.165) is 0 Å². The van der Waals surface area contributed by atoms with Crippen LogP contribution in [-0.2, 0) is 150 Å². The van der Waals surface area contributed by atoms with Crippen LogP contribution >= 0.6 is 23.5 Å². The van der Waals surface area contributed by atoms with Crippen molar-refractivity contribution in [3.05, 3.63) is 0 Å². The van der Waals surface area contributed by atoms with Gasteiger partial charge in [-0.2, -0.15) is 4.31 Å². The summed E-state index contributed by atoms with van der Waals surface area (Å²) in [6, 6.07) is 0. The zero-order valence-electron chi connectivity index (χ0n) is 76.9. The summed E-state index contributed by atoms with van der Waals surface area (Å²) in [5.41, 5.74) is 10.8. The lowest BCUT2D eigenvalue weighted by Crippen LogP contribution is -2.71. The van der Waals surface area contributed by atoms with Gasteiger partial charge in [-0.05, 0) is 0 Å². The number of esters is 2. The highest BCUT2D eigenvalue weighted by atomic mass is 31.3. The molecule has 3 unspecified atom stereocenters. The number of hydrogen-bond acceptors (Lipinski definition) is 66. The van der Waals surface area contributed by atoms with E-state index in [1.54, 1.807) is 0 Å². The average Bonchev–Trinajstić information content (AvgIpc) is 0.744. The molecule has 73 heteroatoms. The Balaban J connectivity index is 1.09. The summed E-state index contributed by atoms with van der Waals surface area (Å²) in [7, 11) is -18.1. The van der Waals surface area contributed by atoms with Crippen molar-refractivity contribution < 1.29 is 333 Å². The van der Waals surface area contributed by atoms with Crippen molar-refractivity contribution in [2.24, 2.45) is 11.5 Å². The molecule has 40 N–H and O–H groups in total. The molecule has 147 heavy (non-hydrogen) atoms. The van der Waals surface area contributed by atoms with Crippen molar-refractivity contribution in [3.63, 3.8) is 0 Å². The van der Waals surface area contributed by atoms with E-state index in [1.165, 1.54) is 0 Å². The molecule has 57 atom stereocenters. The lowest BCUT2D eigenvalue weighted by molar-refractivity contribution is -0.421. The number of aliphatic hydroxyl groups is 32. The highest BCUT2D eigenvalue weighted by molar-refractivity contribution is 7.61. The van der Waals surface area contributed by atoms with Crippen molar-refractivity contribution >= 4 is 41.4 Å². The van der Waals surface area contributed by atoms with Crippen molar-refractivity contribution in [2.75, 3.05) is 92.4 Å². The van der Waals surface area contributed by atoms with Crippen molar-refractivity contribution in [2.45, 2.75) is 351 Å². The van der Waals surface area contributed by atoms with Crippen LogP contribution in [0.2, 0.25) is 0 Å². The van der Waals surface area contributed by atoms with Crippen LogP contribution in [0.25, 0.3) is 0 Å². The van der Waals surface area contributed by atoms with Crippen LogP contribution in [-0.4, -0.2) is 624 Å². The predicted octanol–water partition coefficient (Wildman–Crippen LogP) is -24.1. The van der Waals surface area contributed by atoms with Crippen LogP contribution < -0.4 is 11.5 Å². The van der Waals surface area contributed by atoms with Crippen LogP contribution in [0.15, 0.2) is 0 Å². The summed E-state index contributed by atoms with van der Waals surface area (Å²) in [5, 5.41) is 372. The summed E-state index contributed by atoms with van der Waals surface area (Å²) in [5.74, 6) is -9.19. The number of nitrogens with two attached hydrogens (primary N) is 2. The van der Waals surface area contributed by atoms with Crippen molar-refractivity contribution in [3.8, 4) is 0 Å². The highest BCUT2D eigenvalue weighted by Crippen LogP contribution is 2.62. The molecule has 0 saturated carbocycles. The Labute approximate surface area is 827 Å². The first-order chi connectivity index (χ1) is 69.0. The second-order valence-electron chi connectivity index (χ2n) is 35.0. The zero-order chi connectivity index (χ0) is 109. The third-order valence-corrected chi connectivity index (χ3v) is 28.5. The minimum atomic E-state index is -6.49.